The van der Waals surface area contributed by atoms with Gasteiger partial charge in [0, 0.05) is 51.0 Å². The van der Waals surface area contributed by atoms with E-state index in [1.807, 2.05) is 23.0 Å². The van der Waals surface area contributed by atoms with E-state index in [1.165, 1.54) is 32.9 Å². The first-order valence-corrected chi connectivity index (χ1v) is 21.7. The van der Waals surface area contributed by atoms with Crippen LogP contribution in [-0.2, 0) is 26.5 Å². The minimum atomic E-state index is -0.197. The van der Waals surface area contributed by atoms with Gasteiger partial charge in [-0.25, -0.2) is 4.98 Å². The predicted molar refractivity (Wildman–Crippen MR) is 256 cm³/mol. The first-order chi connectivity index (χ1) is 29.9. The molecule has 0 unspecified atom stereocenters. The molecule has 316 valence electrons. The third-order valence-electron chi connectivity index (χ3n) is 12.1. The Labute approximate surface area is 384 Å². The van der Waals surface area contributed by atoms with Gasteiger partial charge in [-0.1, -0.05) is 146 Å². The van der Waals surface area contributed by atoms with Gasteiger partial charge in [-0.3, -0.25) is 4.68 Å². The Balaban J connectivity index is 0.00000504. The van der Waals surface area contributed by atoms with Gasteiger partial charge in [0.15, 0.2) is 0 Å². The number of para-hydroxylation sites is 3. The van der Waals surface area contributed by atoms with E-state index in [0.717, 1.165) is 67.1 Å². The second kappa shape index (κ2) is 16.2. The maximum Gasteiger partial charge on any atom is 2.00 e. The molecule has 0 N–H and O–H groups in total. The summed E-state index contributed by atoms with van der Waals surface area (Å²) in [6, 6.07) is 52.5. The van der Waals surface area contributed by atoms with Gasteiger partial charge < -0.3 is 13.9 Å². The van der Waals surface area contributed by atoms with Crippen LogP contribution < -0.4 is 4.74 Å². The topological polar surface area (TPSA) is 49.8 Å². The minimum absolute atomic E-state index is 0. The third kappa shape index (κ3) is 7.19. The molecule has 0 amide bonds. The molecule has 0 fully saturated rings. The smallest absolute Gasteiger partial charge is 0.509 e. The van der Waals surface area contributed by atoms with Gasteiger partial charge in [-0.2, -0.15) is 16.7 Å². The molecule has 0 aliphatic heterocycles. The Morgan fingerprint density at radius 3 is 1.94 bits per heavy atom. The SMILES string of the molecule is Cc1cc(Oc2[c-]c3c(cc2)c2ccccc2n3-c2cc(-n3c4c(C(C)C)cccc4c4cccc(C(C)C)c43)ccn2)[c-]c(-n2nc(C)c(-c3ccccc3)c2C(C)(C)C)c1.[Pt+2]. The molecule has 0 aliphatic rings. The molecule has 6 aromatic carbocycles. The number of pyridine rings is 1. The minimum Gasteiger partial charge on any atom is -0.509 e. The maximum atomic E-state index is 6.72. The molecule has 0 aliphatic carbocycles. The fraction of sp³-hybridized carbons (Fsp3) is 0.214. The number of aromatic nitrogens is 5. The van der Waals surface area contributed by atoms with Crippen LogP contribution in [0, 0.1) is 26.0 Å². The van der Waals surface area contributed by atoms with Crippen LogP contribution in [0.1, 0.15) is 88.4 Å². The molecule has 10 aromatic rings. The van der Waals surface area contributed by atoms with Crippen LogP contribution in [0.15, 0.2) is 134 Å². The molecular formula is C56H51N5OPt. The molecule has 0 saturated carbocycles. The van der Waals surface area contributed by atoms with Crippen molar-refractivity contribution in [2.45, 2.75) is 79.6 Å². The van der Waals surface area contributed by atoms with Crippen molar-refractivity contribution in [1.82, 2.24) is 23.9 Å². The quantitative estimate of drug-likeness (QED) is 0.143. The molecule has 0 bridgehead atoms. The summed E-state index contributed by atoms with van der Waals surface area (Å²) >= 11 is 0. The Hall–Kier alpha value is -6.23. The van der Waals surface area contributed by atoms with E-state index in [1.54, 1.807) is 0 Å². The molecule has 63 heavy (non-hydrogen) atoms. The van der Waals surface area contributed by atoms with Crippen LogP contribution in [0.4, 0.5) is 0 Å². The Bertz CT molecular complexity index is 3280. The first-order valence-electron chi connectivity index (χ1n) is 21.7. The van der Waals surface area contributed by atoms with E-state index < -0.39 is 0 Å². The maximum absolute atomic E-state index is 6.72. The van der Waals surface area contributed by atoms with Crippen molar-refractivity contribution >= 4 is 43.6 Å². The van der Waals surface area contributed by atoms with Crippen molar-refractivity contribution in [1.29, 1.82) is 0 Å². The van der Waals surface area contributed by atoms with Gasteiger partial charge in [0.25, 0.3) is 0 Å². The van der Waals surface area contributed by atoms with E-state index in [-0.39, 0.29) is 26.5 Å². The molecule has 0 atom stereocenters. The number of ether oxygens (including phenoxy) is 1. The van der Waals surface area contributed by atoms with Gasteiger partial charge >= 0.3 is 21.1 Å². The van der Waals surface area contributed by atoms with Crippen molar-refractivity contribution in [2.75, 3.05) is 0 Å². The number of hydrogen-bond acceptors (Lipinski definition) is 3. The van der Waals surface area contributed by atoms with Crippen molar-refractivity contribution in [3.05, 3.63) is 174 Å². The fourth-order valence-corrected chi connectivity index (χ4v) is 9.49. The first kappa shape index (κ1) is 42.1. The van der Waals surface area contributed by atoms with E-state index in [2.05, 4.69) is 199 Å². The summed E-state index contributed by atoms with van der Waals surface area (Å²) in [4.78, 5) is 5.07. The second-order valence-corrected chi connectivity index (χ2v) is 18.3. The summed E-state index contributed by atoms with van der Waals surface area (Å²) in [5.41, 5.74) is 14.2. The average molecular weight is 1010 g/mol. The van der Waals surface area contributed by atoms with Gasteiger partial charge in [0.1, 0.15) is 5.82 Å². The standard InChI is InChI=1S/C56H51N5O.Pt/c1-34(2)43-20-15-22-47-48-23-16-21-44(35(3)4)54(48)59(53(43)47)39-27-28-57-51(32-39)60-49-24-14-13-19-45(49)46-26-25-41(33-50(46)60)62-42-30-36(5)29-40(31-42)61-55(56(7,8)9)52(37(6)58-61)38-17-11-10-12-18-38;/h10-30,32,34-35H,1-9H3;/q-2;+2. The van der Waals surface area contributed by atoms with Crippen molar-refractivity contribution in [3.63, 3.8) is 0 Å². The van der Waals surface area contributed by atoms with Crippen LogP contribution in [0.3, 0.4) is 0 Å². The van der Waals surface area contributed by atoms with Gasteiger partial charge in [-0.15, -0.1) is 35.7 Å². The number of fused-ring (bicyclic) bond motifs is 6. The van der Waals surface area contributed by atoms with Crippen LogP contribution in [0.25, 0.3) is 71.9 Å². The summed E-state index contributed by atoms with van der Waals surface area (Å²) in [6.07, 6.45) is 1.94. The van der Waals surface area contributed by atoms with E-state index in [0.29, 0.717) is 23.3 Å². The fourth-order valence-electron chi connectivity index (χ4n) is 9.49. The van der Waals surface area contributed by atoms with Gasteiger partial charge in [0.2, 0.25) is 0 Å². The Morgan fingerprint density at radius 1 is 0.619 bits per heavy atom. The summed E-state index contributed by atoms with van der Waals surface area (Å²) in [5, 5.41) is 9.85. The number of rotatable bonds is 8. The monoisotopic (exact) mass is 1000 g/mol. The molecule has 0 radical (unpaired) electrons. The Morgan fingerprint density at radius 2 is 1.27 bits per heavy atom. The predicted octanol–water partition coefficient (Wildman–Crippen LogP) is 14.7. The molecule has 4 aromatic heterocycles. The van der Waals surface area contributed by atoms with Crippen LogP contribution in [0.2, 0.25) is 0 Å². The van der Waals surface area contributed by atoms with E-state index in [4.69, 9.17) is 14.8 Å². The van der Waals surface area contributed by atoms with Crippen LogP contribution in [-0.4, -0.2) is 23.9 Å². The summed E-state index contributed by atoms with van der Waals surface area (Å²) in [5.74, 6) is 2.68. The molecule has 7 heteroatoms. The molecule has 4 heterocycles. The molecular weight excluding hydrogens is 954 g/mol. The third-order valence-corrected chi connectivity index (χ3v) is 12.1. The zero-order valence-electron chi connectivity index (χ0n) is 37.3. The molecule has 0 spiro atoms. The zero-order valence-corrected chi connectivity index (χ0v) is 39.6. The summed E-state index contributed by atoms with van der Waals surface area (Å²) in [6.45, 7) is 20.0. The Kier molecular flexibility index (Phi) is 10.8. The van der Waals surface area contributed by atoms with Crippen molar-refractivity contribution < 1.29 is 25.8 Å². The van der Waals surface area contributed by atoms with E-state index >= 15 is 0 Å². The van der Waals surface area contributed by atoms with Crippen molar-refractivity contribution in [2.24, 2.45) is 0 Å². The average Bonchev–Trinajstić information content (AvgIpc) is 3.91. The van der Waals surface area contributed by atoms with Crippen molar-refractivity contribution in [3.8, 4) is 39.8 Å². The molecule has 10 rings (SSSR count). The van der Waals surface area contributed by atoms with Crippen LogP contribution >= 0.6 is 0 Å². The van der Waals surface area contributed by atoms with Gasteiger partial charge in [0.05, 0.1) is 28.1 Å². The summed E-state index contributed by atoms with van der Waals surface area (Å²) < 4.78 is 13.5. The number of hydrogen-bond donors (Lipinski definition) is 0. The second-order valence-electron chi connectivity index (χ2n) is 18.3. The van der Waals surface area contributed by atoms with Gasteiger partial charge in [-0.05, 0) is 58.7 Å². The number of aryl methyl sites for hydroxylation is 2. The number of nitrogens with zero attached hydrogens (tertiary/aromatic N) is 5. The van der Waals surface area contributed by atoms with Crippen LogP contribution in [0.5, 0.6) is 11.5 Å². The summed E-state index contributed by atoms with van der Waals surface area (Å²) in [7, 11) is 0. The normalized spacial score (nSPS) is 12.0. The molecule has 6 nitrogen and oxygen atoms in total. The van der Waals surface area contributed by atoms with E-state index in [9.17, 15) is 0 Å². The largest absolute Gasteiger partial charge is 2.00 e. The number of benzene rings is 6. The zero-order chi connectivity index (χ0) is 43.0. The molecule has 0 saturated heterocycles.